The van der Waals surface area contributed by atoms with Gasteiger partial charge in [0.2, 0.25) is 0 Å². The van der Waals surface area contributed by atoms with Crippen LogP contribution in [-0.2, 0) is 19.7 Å². The van der Waals surface area contributed by atoms with Crippen molar-refractivity contribution in [2.75, 3.05) is 4.90 Å². The predicted molar refractivity (Wildman–Crippen MR) is 128 cm³/mol. The average Bonchev–Trinajstić information content (AvgIpc) is 2.83. The SMILES string of the molecule is [2H]C1(C)c2ccccc2N(C2=CC3C(C=C2)S(=O)(=O)c2ccccc2S3(=O)=O)c2ccccc21. The van der Waals surface area contributed by atoms with Crippen LogP contribution in [0.15, 0.2) is 107 Å². The van der Waals surface area contributed by atoms with Gasteiger partial charge in [-0.2, -0.15) is 0 Å². The number of fused-ring (bicyclic) bond motifs is 4. The Morgan fingerprint density at radius 1 is 0.727 bits per heavy atom. The third kappa shape index (κ3) is 2.75. The summed E-state index contributed by atoms with van der Waals surface area (Å²) in [6, 6.07) is 20.9. The fourth-order valence-corrected chi connectivity index (χ4v) is 9.93. The molecule has 2 atom stereocenters. The molecule has 3 aromatic carbocycles. The van der Waals surface area contributed by atoms with E-state index in [4.69, 9.17) is 1.37 Å². The zero-order valence-corrected chi connectivity index (χ0v) is 19.3. The summed E-state index contributed by atoms with van der Waals surface area (Å²) in [6.07, 6.45) is 4.72. The quantitative estimate of drug-likeness (QED) is 0.507. The van der Waals surface area contributed by atoms with Crippen LogP contribution in [-0.4, -0.2) is 27.3 Å². The summed E-state index contributed by atoms with van der Waals surface area (Å²) in [5, 5.41) is -2.43. The predicted octanol–water partition coefficient (Wildman–Crippen LogP) is 4.74. The molecule has 166 valence electrons. The zero-order valence-electron chi connectivity index (χ0n) is 18.7. The second-order valence-electron chi connectivity index (χ2n) is 8.41. The van der Waals surface area contributed by atoms with Gasteiger partial charge in [0.05, 0.1) is 9.79 Å². The zero-order chi connectivity index (χ0) is 23.9. The highest BCUT2D eigenvalue weighted by molar-refractivity contribution is 7.99. The highest BCUT2D eigenvalue weighted by atomic mass is 32.2. The number of rotatable bonds is 1. The van der Waals surface area contributed by atoms with Gasteiger partial charge < -0.3 is 4.90 Å². The van der Waals surface area contributed by atoms with E-state index >= 15 is 0 Å². The molecule has 0 saturated heterocycles. The number of para-hydroxylation sites is 2. The molecule has 0 spiro atoms. The minimum Gasteiger partial charge on any atom is -0.310 e. The molecule has 2 heterocycles. The molecule has 2 unspecified atom stereocenters. The van der Waals surface area contributed by atoms with Crippen LogP contribution in [0.3, 0.4) is 0 Å². The van der Waals surface area contributed by atoms with Crippen molar-refractivity contribution in [3.63, 3.8) is 0 Å². The summed E-state index contributed by atoms with van der Waals surface area (Å²) >= 11 is 0. The molecule has 0 radical (unpaired) electrons. The molecule has 2 aliphatic heterocycles. The molecule has 0 N–H and O–H groups in total. The Labute approximate surface area is 194 Å². The van der Waals surface area contributed by atoms with Crippen molar-refractivity contribution in [1.29, 1.82) is 0 Å². The molecule has 33 heavy (non-hydrogen) atoms. The van der Waals surface area contributed by atoms with E-state index in [1.807, 2.05) is 60.4 Å². The number of anilines is 2. The van der Waals surface area contributed by atoms with Crippen molar-refractivity contribution in [3.8, 4) is 0 Å². The van der Waals surface area contributed by atoms with Crippen molar-refractivity contribution >= 4 is 31.0 Å². The van der Waals surface area contributed by atoms with Gasteiger partial charge in [-0.25, -0.2) is 16.8 Å². The second kappa shape index (κ2) is 6.92. The van der Waals surface area contributed by atoms with Crippen molar-refractivity contribution < 1.29 is 18.2 Å². The Bertz CT molecular complexity index is 1590. The Kier molecular flexibility index (Phi) is 4.05. The first-order valence-electron chi connectivity index (χ1n) is 11.1. The number of hydrogen-bond acceptors (Lipinski definition) is 5. The highest BCUT2D eigenvalue weighted by Crippen LogP contribution is 2.48. The second-order valence-corrected chi connectivity index (χ2v) is 12.6. The summed E-state index contributed by atoms with van der Waals surface area (Å²) in [4.78, 5) is 1.63. The lowest BCUT2D eigenvalue weighted by molar-refractivity contribution is 0.559. The van der Waals surface area contributed by atoms with Crippen molar-refractivity contribution in [1.82, 2.24) is 0 Å². The average molecular weight is 477 g/mol. The minimum absolute atomic E-state index is 0.142. The maximum atomic E-state index is 13.6. The van der Waals surface area contributed by atoms with E-state index in [1.54, 1.807) is 24.3 Å². The molecule has 0 saturated carbocycles. The van der Waals surface area contributed by atoms with Crippen molar-refractivity contribution in [2.45, 2.75) is 33.1 Å². The molecule has 3 aliphatic rings. The van der Waals surface area contributed by atoms with Crippen LogP contribution in [0.2, 0.25) is 0 Å². The van der Waals surface area contributed by atoms with E-state index in [0.717, 1.165) is 22.5 Å². The molecule has 1 aliphatic carbocycles. The molecule has 5 nitrogen and oxygen atoms in total. The van der Waals surface area contributed by atoms with Gasteiger partial charge in [-0.1, -0.05) is 61.5 Å². The first kappa shape index (κ1) is 19.3. The highest BCUT2D eigenvalue weighted by Gasteiger charge is 2.49. The van der Waals surface area contributed by atoms with Gasteiger partial charge in [0.25, 0.3) is 0 Å². The van der Waals surface area contributed by atoms with Gasteiger partial charge in [-0.15, -0.1) is 0 Å². The van der Waals surface area contributed by atoms with Crippen molar-refractivity contribution in [3.05, 3.63) is 108 Å². The monoisotopic (exact) mass is 476 g/mol. The van der Waals surface area contributed by atoms with Crippen LogP contribution in [0.5, 0.6) is 0 Å². The molecule has 3 aromatic rings. The standard InChI is InChI=1S/C26H21NO4S2/c1-17-19-8-2-4-10-21(19)27(22-11-5-3-9-20(17)22)18-14-15-25-26(16-18)33(30,31)24-13-7-6-12-23(24)32(25,28)29/h2-17,25-26H,1H3/i17D. The molecule has 7 heteroatoms. The van der Waals surface area contributed by atoms with Crippen LogP contribution in [0.1, 0.15) is 25.3 Å². The summed E-state index contributed by atoms with van der Waals surface area (Å²) in [7, 11) is -7.80. The summed E-state index contributed by atoms with van der Waals surface area (Å²) in [5.74, 6) is -0.996. The third-order valence-electron chi connectivity index (χ3n) is 6.65. The molecule has 6 rings (SSSR count). The molecular formula is C26H21NO4S2. The summed E-state index contributed by atoms with van der Waals surface area (Å²) in [5.41, 5.74) is 3.67. The summed E-state index contributed by atoms with van der Waals surface area (Å²) in [6.45, 7) is 1.85. The van der Waals surface area contributed by atoms with E-state index in [-0.39, 0.29) is 9.79 Å². The third-order valence-corrected chi connectivity index (χ3v) is 11.2. The van der Waals surface area contributed by atoms with Gasteiger partial charge in [0, 0.05) is 24.3 Å². The van der Waals surface area contributed by atoms with E-state index in [2.05, 4.69) is 0 Å². The number of benzene rings is 3. The smallest absolute Gasteiger partial charge is 0.187 e. The normalized spacial score (nSPS) is 25.5. The van der Waals surface area contributed by atoms with Gasteiger partial charge >= 0.3 is 0 Å². The fraction of sp³-hybridized carbons (Fsp3) is 0.154. The summed E-state index contributed by atoms with van der Waals surface area (Å²) < 4.78 is 62.8. The van der Waals surface area contributed by atoms with Crippen LogP contribution >= 0.6 is 0 Å². The van der Waals surface area contributed by atoms with Crippen LogP contribution < -0.4 is 4.90 Å². The molecule has 0 aromatic heterocycles. The van der Waals surface area contributed by atoms with Crippen LogP contribution in [0.25, 0.3) is 0 Å². The van der Waals surface area contributed by atoms with E-state index in [9.17, 15) is 16.8 Å². The maximum Gasteiger partial charge on any atom is 0.187 e. The topological polar surface area (TPSA) is 71.5 Å². The van der Waals surface area contributed by atoms with Crippen molar-refractivity contribution in [2.24, 2.45) is 0 Å². The first-order valence-corrected chi connectivity index (χ1v) is 13.7. The largest absolute Gasteiger partial charge is 0.310 e. The van der Waals surface area contributed by atoms with Crippen LogP contribution in [0.4, 0.5) is 11.4 Å². The fourth-order valence-electron chi connectivity index (χ4n) is 5.05. The van der Waals surface area contributed by atoms with E-state index < -0.39 is 36.1 Å². The van der Waals surface area contributed by atoms with Gasteiger partial charge in [0.15, 0.2) is 19.7 Å². The first-order chi connectivity index (χ1) is 16.1. The van der Waals surface area contributed by atoms with Gasteiger partial charge in [-0.05, 0) is 47.5 Å². The molecule has 0 fully saturated rings. The Morgan fingerprint density at radius 2 is 1.21 bits per heavy atom. The maximum absolute atomic E-state index is 13.6. The van der Waals surface area contributed by atoms with Crippen LogP contribution in [0, 0.1) is 0 Å². The van der Waals surface area contributed by atoms with E-state index in [1.165, 1.54) is 18.2 Å². The Balaban J connectivity index is 1.58. The number of hydrogen-bond donors (Lipinski definition) is 0. The lowest BCUT2D eigenvalue weighted by Gasteiger charge is -2.39. The lowest BCUT2D eigenvalue weighted by atomic mass is 9.85. The Morgan fingerprint density at radius 3 is 1.79 bits per heavy atom. The molecule has 0 amide bonds. The minimum atomic E-state index is -3.93. The number of allylic oxidation sites excluding steroid dienone is 1. The van der Waals surface area contributed by atoms with Gasteiger partial charge in [0.1, 0.15) is 10.5 Å². The number of nitrogens with zero attached hydrogens (tertiary/aromatic N) is 1. The lowest BCUT2D eigenvalue weighted by Crippen LogP contribution is -2.44. The molecule has 0 bridgehead atoms. The van der Waals surface area contributed by atoms with E-state index in [0.29, 0.717) is 5.70 Å². The molecular weight excluding hydrogens is 454 g/mol. The van der Waals surface area contributed by atoms with Gasteiger partial charge in [-0.3, -0.25) is 0 Å². The Hall–Kier alpha value is -3.16. The number of sulfone groups is 2.